The van der Waals surface area contributed by atoms with E-state index in [1.54, 1.807) is 18.3 Å². The molecule has 0 radical (unpaired) electrons. The number of fused-ring (bicyclic) bond motifs is 1. The Kier molecular flexibility index (Phi) is 6.96. The van der Waals surface area contributed by atoms with Crippen molar-refractivity contribution >= 4 is 51.1 Å². The van der Waals surface area contributed by atoms with E-state index in [9.17, 15) is 9.90 Å². The van der Waals surface area contributed by atoms with E-state index in [2.05, 4.69) is 9.72 Å². The number of pyridine rings is 1. The highest BCUT2D eigenvalue weighted by Gasteiger charge is 2.46. The van der Waals surface area contributed by atoms with Gasteiger partial charge in [0.2, 0.25) is 0 Å². The maximum Gasteiger partial charge on any atom is 0.335 e. The van der Waals surface area contributed by atoms with E-state index in [4.69, 9.17) is 37.1 Å². The average molecular weight is 500 g/mol. The van der Waals surface area contributed by atoms with Crippen molar-refractivity contribution in [3.8, 4) is 5.75 Å². The molecule has 1 aromatic heterocycles. The van der Waals surface area contributed by atoms with Crippen LogP contribution in [0.4, 0.5) is 0 Å². The SMILES string of the molecule is O=C(O)[C@H]1O[C@@H](O)[C@H](O)[C@@H](O)[C@@H]1O.Oc1c(I)cc(Cl)c2cccnc12. The Morgan fingerprint density at radius 3 is 2.46 bits per heavy atom. The van der Waals surface area contributed by atoms with Gasteiger partial charge in [-0.1, -0.05) is 11.6 Å². The van der Waals surface area contributed by atoms with Crippen molar-refractivity contribution in [1.82, 2.24) is 4.98 Å². The van der Waals surface area contributed by atoms with Crippen LogP contribution in [0.1, 0.15) is 0 Å². The number of aromatic hydroxyl groups is 1. The summed E-state index contributed by atoms with van der Waals surface area (Å²) in [6.07, 6.45) is -7.09. The fourth-order valence-electron chi connectivity index (χ4n) is 2.22. The number of aliphatic hydroxyl groups excluding tert-OH is 4. The first-order valence-electron chi connectivity index (χ1n) is 7.17. The molecule has 1 aliphatic heterocycles. The number of benzene rings is 1. The molecule has 2 aromatic rings. The number of rotatable bonds is 1. The van der Waals surface area contributed by atoms with Gasteiger partial charge in [0.15, 0.2) is 18.1 Å². The summed E-state index contributed by atoms with van der Waals surface area (Å²) >= 11 is 8.00. The Labute approximate surface area is 165 Å². The number of carboxylic acid groups (broad SMARTS) is 1. The Balaban J connectivity index is 0.000000187. The minimum atomic E-state index is -1.81. The van der Waals surface area contributed by atoms with Gasteiger partial charge in [0, 0.05) is 11.6 Å². The monoisotopic (exact) mass is 499 g/mol. The number of carboxylic acids is 1. The zero-order chi connectivity index (χ0) is 19.6. The molecule has 9 nitrogen and oxygen atoms in total. The fraction of sp³-hybridized carbons (Fsp3) is 0.333. The lowest BCUT2D eigenvalue weighted by Crippen LogP contribution is -2.59. The number of ether oxygens (including phenoxy) is 1. The normalized spacial score (nSPS) is 28.3. The number of phenols is 1. The highest BCUT2D eigenvalue weighted by molar-refractivity contribution is 14.1. The minimum absolute atomic E-state index is 0.195. The van der Waals surface area contributed by atoms with E-state index in [-0.39, 0.29) is 5.75 Å². The van der Waals surface area contributed by atoms with E-state index in [0.717, 1.165) is 5.39 Å². The van der Waals surface area contributed by atoms with Crippen LogP contribution < -0.4 is 0 Å². The van der Waals surface area contributed by atoms with Gasteiger partial charge < -0.3 is 35.4 Å². The summed E-state index contributed by atoms with van der Waals surface area (Å²) < 4.78 is 5.06. The number of aliphatic hydroxyl groups is 4. The third-order valence-electron chi connectivity index (χ3n) is 3.60. The summed E-state index contributed by atoms with van der Waals surface area (Å²) in [5.41, 5.74) is 0.555. The lowest BCUT2D eigenvalue weighted by Gasteiger charge is -2.36. The molecule has 0 unspecified atom stereocenters. The van der Waals surface area contributed by atoms with E-state index in [1.165, 1.54) is 0 Å². The molecule has 6 N–H and O–H groups in total. The lowest BCUT2D eigenvalue weighted by atomic mass is 9.99. The Morgan fingerprint density at radius 1 is 1.19 bits per heavy atom. The van der Waals surface area contributed by atoms with Gasteiger partial charge in [0.05, 0.1) is 8.59 Å². The molecule has 0 saturated carbocycles. The summed E-state index contributed by atoms with van der Waals surface area (Å²) in [4.78, 5) is 14.4. The van der Waals surface area contributed by atoms with E-state index in [1.807, 2.05) is 28.7 Å². The third kappa shape index (κ3) is 4.34. The van der Waals surface area contributed by atoms with Crippen LogP contribution in [0, 0.1) is 3.57 Å². The van der Waals surface area contributed by atoms with Crippen molar-refractivity contribution in [2.45, 2.75) is 30.7 Å². The van der Waals surface area contributed by atoms with Crippen molar-refractivity contribution in [3.63, 3.8) is 0 Å². The maximum atomic E-state index is 10.4. The molecular formula is C15H15ClINO8. The lowest BCUT2D eigenvalue weighted by molar-refractivity contribution is -0.279. The highest BCUT2D eigenvalue weighted by Crippen LogP contribution is 2.33. The molecule has 0 amide bonds. The first kappa shape index (κ1) is 21.0. The molecule has 3 rings (SSSR count). The van der Waals surface area contributed by atoms with Gasteiger partial charge >= 0.3 is 5.97 Å². The van der Waals surface area contributed by atoms with Gasteiger partial charge in [-0.05, 0) is 40.8 Å². The van der Waals surface area contributed by atoms with Crippen LogP contribution in [0.2, 0.25) is 5.02 Å². The van der Waals surface area contributed by atoms with Crippen LogP contribution in [0.3, 0.4) is 0 Å². The van der Waals surface area contributed by atoms with E-state index >= 15 is 0 Å². The van der Waals surface area contributed by atoms with Crippen molar-refractivity contribution < 1.29 is 40.2 Å². The number of nitrogens with zero attached hydrogens (tertiary/aromatic N) is 1. The summed E-state index contributed by atoms with van der Waals surface area (Å²) in [6.45, 7) is 0. The number of hydrogen-bond donors (Lipinski definition) is 6. The zero-order valence-electron chi connectivity index (χ0n) is 12.9. The van der Waals surface area contributed by atoms with Gasteiger partial charge in [-0.15, -0.1) is 0 Å². The summed E-state index contributed by atoms with van der Waals surface area (Å²) in [7, 11) is 0. The molecule has 1 fully saturated rings. The van der Waals surface area contributed by atoms with Gasteiger partial charge in [-0.25, -0.2) is 4.79 Å². The Hall–Kier alpha value is -1.28. The van der Waals surface area contributed by atoms with Crippen molar-refractivity contribution in [3.05, 3.63) is 33.0 Å². The maximum absolute atomic E-state index is 10.4. The second kappa shape index (κ2) is 8.61. The van der Waals surface area contributed by atoms with Crippen LogP contribution >= 0.6 is 34.2 Å². The van der Waals surface area contributed by atoms with Gasteiger partial charge in [0.1, 0.15) is 23.8 Å². The molecule has 11 heteroatoms. The first-order chi connectivity index (χ1) is 12.1. The van der Waals surface area contributed by atoms with Gasteiger partial charge in [0.25, 0.3) is 0 Å². The number of carbonyl (C=O) groups is 1. The summed E-state index contributed by atoms with van der Waals surface area (Å²) in [6, 6.07) is 5.35. The second-order valence-corrected chi connectivity index (χ2v) is 6.92. The molecule has 142 valence electrons. The van der Waals surface area contributed by atoms with Crippen molar-refractivity contribution in [2.24, 2.45) is 0 Å². The number of hydrogen-bond acceptors (Lipinski definition) is 8. The zero-order valence-corrected chi connectivity index (χ0v) is 15.8. The largest absolute Gasteiger partial charge is 0.505 e. The molecule has 26 heavy (non-hydrogen) atoms. The fourth-order valence-corrected chi connectivity index (χ4v) is 3.24. The number of halogens is 2. The number of aromatic nitrogens is 1. The van der Waals surface area contributed by atoms with Gasteiger partial charge in [-0.3, -0.25) is 4.98 Å². The highest BCUT2D eigenvalue weighted by atomic mass is 127. The Morgan fingerprint density at radius 2 is 1.85 bits per heavy atom. The topological polar surface area (TPSA) is 161 Å². The summed E-state index contributed by atoms with van der Waals surface area (Å²) in [5, 5.41) is 55.4. The van der Waals surface area contributed by atoms with E-state index < -0.39 is 36.7 Å². The number of aliphatic carboxylic acids is 1. The third-order valence-corrected chi connectivity index (χ3v) is 4.74. The van der Waals surface area contributed by atoms with Crippen LogP contribution in [-0.4, -0.2) is 72.3 Å². The van der Waals surface area contributed by atoms with Crippen LogP contribution in [-0.2, 0) is 9.53 Å². The average Bonchev–Trinajstić information content (AvgIpc) is 2.61. The Bertz CT molecular complexity index is 807. The predicted molar refractivity (Wildman–Crippen MR) is 97.7 cm³/mol. The quantitative estimate of drug-likeness (QED) is 0.298. The molecule has 1 saturated heterocycles. The number of phenolic OH excluding ortho intramolecular Hbond substituents is 1. The standard InChI is InChI=1S/C9H5ClINO.C6H10O7/c10-6-4-7(11)9(13)8-5(6)2-1-3-12-8;7-1-2(8)4(5(10)11)13-6(12)3(1)9/h1-4,13H;1-4,6-9,12H,(H,10,11)/t;1-,2-,3+,4-,6+/m.0/s1. The van der Waals surface area contributed by atoms with Crippen molar-refractivity contribution in [2.75, 3.05) is 0 Å². The van der Waals surface area contributed by atoms with Crippen LogP contribution in [0.25, 0.3) is 10.9 Å². The molecular weight excluding hydrogens is 485 g/mol. The smallest absolute Gasteiger partial charge is 0.335 e. The molecule has 0 spiro atoms. The molecule has 0 bridgehead atoms. The minimum Gasteiger partial charge on any atom is -0.505 e. The molecule has 0 aliphatic carbocycles. The second-order valence-electron chi connectivity index (χ2n) is 5.35. The predicted octanol–water partition coefficient (Wildman–Crippen LogP) is 0.0693. The molecule has 1 aliphatic rings. The van der Waals surface area contributed by atoms with Gasteiger partial charge in [-0.2, -0.15) is 0 Å². The molecule has 2 heterocycles. The molecule has 1 aromatic carbocycles. The van der Waals surface area contributed by atoms with Crippen LogP contribution in [0.15, 0.2) is 24.4 Å². The van der Waals surface area contributed by atoms with Crippen molar-refractivity contribution in [1.29, 1.82) is 0 Å². The summed E-state index contributed by atoms with van der Waals surface area (Å²) in [5.74, 6) is -1.32. The molecule has 5 atom stereocenters. The van der Waals surface area contributed by atoms with E-state index in [0.29, 0.717) is 14.1 Å². The first-order valence-corrected chi connectivity index (χ1v) is 8.63. The van der Waals surface area contributed by atoms with Crippen LogP contribution in [0.5, 0.6) is 5.75 Å².